The Morgan fingerprint density at radius 1 is 1.24 bits per heavy atom. The summed E-state index contributed by atoms with van der Waals surface area (Å²) in [5.74, 6) is 0.834. The Labute approximate surface area is 174 Å². The van der Waals surface area contributed by atoms with Gasteiger partial charge in [-0.3, -0.25) is 15.0 Å². The smallest absolute Gasteiger partial charge is 0.321 e. The molecule has 2 N–H and O–H groups in total. The number of hydrogen-bond acceptors (Lipinski definition) is 6. The van der Waals surface area contributed by atoms with Crippen LogP contribution in [-0.2, 0) is 13.0 Å². The largest absolute Gasteiger partial charge is 0.497 e. The average molecular weight is 415 g/mol. The first kappa shape index (κ1) is 19.8. The minimum absolute atomic E-state index is 0.0925. The van der Waals surface area contributed by atoms with E-state index in [-0.39, 0.29) is 17.9 Å². The van der Waals surface area contributed by atoms with Crippen molar-refractivity contribution in [2.75, 3.05) is 25.5 Å². The fourth-order valence-electron chi connectivity index (χ4n) is 3.90. The third kappa shape index (κ3) is 4.94. The number of thiazole rings is 1. The molecule has 1 aliphatic carbocycles. The highest BCUT2D eigenvalue weighted by atomic mass is 32.1. The molecule has 1 aromatic heterocycles. The van der Waals surface area contributed by atoms with Crippen LogP contribution in [0.2, 0.25) is 0 Å². The van der Waals surface area contributed by atoms with Gasteiger partial charge in [0.1, 0.15) is 5.75 Å². The Balaban J connectivity index is 1.32. The van der Waals surface area contributed by atoms with Gasteiger partial charge in [0.05, 0.1) is 19.3 Å². The van der Waals surface area contributed by atoms with Crippen LogP contribution in [0.25, 0.3) is 0 Å². The summed E-state index contributed by atoms with van der Waals surface area (Å²) < 4.78 is 5.14. The molecule has 0 radical (unpaired) electrons. The van der Waals surface area contributed by atoms with Crippen LogP contribution in [0.4, 0.5) is 9.93 Å². The van der Waals surface area contributed by atoms with Crippen LogP contribution < -0.4 is 15.4 Å². The molecule has 8 heteroatoms. The highest BCUT2D eigenvalue weighted by Crippen LogP contribution is 2.28. The van der Waals surface area contributed by atoms with Gasteiger partial charge in [0.2, 0.25) is 0 Å². The number of anilines is 1. The van der Waals surface area contributed by atoms with Gasteiger partial charge in [0.25, 0.3) is 0 Å². The third-order valence-electron chi connectivity index (χ3n) is 5.50. The molecule has 0 unspecified atom stereocenters. The van der Waals surface area contributed by atoms with E-state index in [1.165, 1.54) is 24.2 Å². The van der Waals surface area contributed by atoms with E-state index in [1.54, 1.807) is 31.4 Å². The number of urea groups is 1. The van der Waals surface area contributed by atoms with Gasteiger partial charge in [-0.25, -0.2) is 9.78 Å². The van der Waals surface area contributed by atoms with Gasteiger partial charge in [-0.2, -0.15) is 0 Å². The number of aromatic nitrogens is 1. The Bertz CT molecular complexity index is 875. The molecule has 2 amide bonds. The molecule has 1 aliphatic heterocycles. The van der Waals surface area contributed by atoms with Gasteiger partial charge in [-0.1, -0.05) is 12.8 Å². The number of methoxy groups -OCH3 is 1. The molecular formula is C21H26N4O3S. The molecule has 4 rings (SSSR count). The number of hydrogen-bond donors (Lipinski definition) is 2. The summed E-state index contributed by atoms with van der Waals surface area (Å²) in [6.07, 6.45) is 5.26. The Kier molecular flexibility index (Phi) is 6.10. The van der Waals surface area contributed by atoms with Crippen molar-refractivity contribution in [2.24, 2.45) is 0 Å². The fourth-order valence-corrected chi connectivity index (χ4v) is 4.94. The van der Waals surface area contributed by atoms with E-state index in [9.17, 15) is 9.59 Å². The molecule has 0 spiro atoms. The Hall–Kier alpha value is -2.45. The Morgan fingerprint density at radius 2 is 2.00 bits per heavy atom. The van der Waals surface area contributed by atoms with Crippen LogP contribution in [-0.4, -0.2) is 47.9 Å². The number of nitrogens with zero attached hydrogens (tertiary/aromatic N) is 2. The highest BCUT2D eigenvalue weighted by Gasteiger charge is 2.24. The zero-order valence-electron chi connectivity index (χ0n) is 16.6. The van der Waals surface area contributed by atoms with Crippen LogP contribution in [0.1, 0.15) is 46.6 Å². The molecule has 29 heavy (non-hydrogen) atoms. The van der Waals surface area contributed by atoms with E-state index in [0.29, 0.717) is 23.8 Å². The van der Waals surface area contributed by atoms with Crippen molar-refractivity contribution >= 4 is 28.3 Å². The standard InChI is InChI=1S/C21H26N4O3S/c1-28-16-8-6-14(7-9-16)18(26)12-25-11-10-17-19(13-25)29-21(23-17)24-20(27)22-15-4-2-3-5-15/h6-9,15H,2-5,10-13H2,1H3,(H2,22,23,24,27). The molecule has 1 saturated carbocycles. The van der Waals surface area contributed by atoms with E-state index in [0.717, 1.165) is 42.1 Å². The van der Waals surface area contributed by atoms with Gasteiger partial charge < -0.3 is 10.1 Å². The maximum Gasteiger partial charge on any atom is 0.321 e. The predicted octanol–water partition coefficient (Wildman–Crippen LogP) is 3.46. The molecule has 2 aliphatic rings. The van der Waals surface area contributed by atoms with E-state index >= 15 is 0 Å². The highest BCUT2D eigenvalue weighted by molar-refractivity contribution is 7.15. The maximum absolute atomic E-state index is 12.6. The second kappa shape index (κ2) is 8.92. The summed E-state index contributed by atoms with van der Waals surface area (Å²) in [5.41, 5.74) is 1.71. The Morgan fingerprint density at radius 3 is 2.72 bits per heavy atom. The monoisotopic (exact) mass is 414 g/mol. The van der Waals surface area contributed by atoms with E-state index in [2.05, 4.69) is 20.5 Å². The second-order valence-corrected chi connectivity index (χ2v) is 8.66. The number of fused-ring (bicyclic) bond motifs is 1. The van der Waals surface area contributed by atoms with Crippen molar-refractivity contribution in [3.8, 4) is 5.75 Å². The topological polar surface area (TPSA) is 83.6 Å². The number of carbonyl (C=O) groups excluding carboxylic acids is 2. The van der Waals surface area contributed by atoms with Crippen molar-refractivity contribution < 1.29 is 14.3 Å². The SMILES string of the molecule is COc1ccc(C(=O)CN2CCc3nc(NC(=O)NC4CCCC4)sc3C2)cc1. The zero-order valence-corrected chi connectivity index (χ0v) is 17.4. The molecular weight excluding hydrogens is 388 g/mol. The summed E-state index contributed by atoms with van der Waals surface area (Å²) >= 11 is 1.50. The van der Waals surface area contributed by atoms with E-state index < -0.39 is 0 Å². The number of ether oxygens (including phenoxy) is 1. The predicted molar refractivity (Wildman–Crippen MR) is 113 cm³/mol. The first-order chi connectivity index (χ1) is 14.1. The lowest BCUT2D eigenvalue weighted by molar-refractivity contribution is 0.0922. The summed E-state index contributed by atoms with van der Waals surface area (Å²) in [6, 6.07) is 7.32. The number of ketones is 1. The van der Waals surface area contributed by atoms with Gasteiger partial charge >= 0.3 is 6.03 Å². The molecule has 0 atom stereocenters. The number of Topliss-reactive ketones (excluding diaryl/α,β-unsaturated/α-hetero) is 1. The van der Waals surface area contributed by atoms with Gasteiger partial charge in [0.15, 0.2) is 10.9 Å². The van der Waals surface area contributed by atoms with Crippen LogP contribution in [0.3, 0.4) is 0 Å². The molecule has 7 nitrogen and oxygen atoms in total. The molecule has 1 aromatic carbocycles. The maximum atomic E-state index is 12.6. The van der Waals surface area contributed by atoms with Crippen molar-refractivity contribution in [1.82, 2.24) is 15.2 Å². The molecule has 2 heterocycles. The molecule has 0 saturated heterocycles. The van der Waals surface area contributed by atoms with Crippen molar-refractivity contribution in [2.45, 2.75) is 44.7 Å². The molecule has 0 bridgehead atoms. The van der Waals surface area contributed by atoms with Gasteiger partial charge in [-0.15, -0.1) is 11.3 Å². The third-order valence-corrected chi connectivity index (χ3v) is 6.50. The van der Waals surface area contributed by atoms with Gasteiger partial charge in [0, 0.05) is 36.0 Å². The number of nitrogens with one attached hydrogen (secondary N) is 2. The lowest BCUT2D eigenvalue weighted by Gasteiger charge is -2.25. The second-order valence-electron chi connectivity index (χ2n) is 7.58. The van der Waals surface area contributed by atoms with E-state index in [4.69, 9.17) is 4.74 Å². The van der Waals surface area contributed by atoms with Crippen LogP contribution in [0.15, 0.2) is 24.3 Å². The first-order valence-electron chi connectivity index (χ1n) is 10.1. The van der Waals surface area contributed by atoms with Crippen molar-refractivity contribution in [3.05, 3.63) is 40.4 Å². The lowest BCUT2D eigenvalue weighted by atomic mass is 10.1. The molecule has 154 valence electrons. The number of benzene rings is 1. The summed E-state index contributed by atoms with van der Waals surface area (Å²) in [7, 11) is 1.61. The molecule has 1 fully saturated rings. The average Bonchev–Trinajstić information content (AvgIpc) is 3.36. The van der Waals surface area contributed by atoms with Crippen LogP contribution in [0.5, 0.6) is 5.75 Å². The van der Waals surface area contributed by atoms with Crippen molar-refractivity contribution in [3.63, 3.8) is 0 Å². The first-order valence-corrected chi connectivity index (χ1v) is 10.9. The van der Waals surface area contributed by atoms with E-state index in [1.807, 2.05) is 0 Å². The number of rotatable bonds is 6. The zero-order chi connectivity index (χ0) is 20.2. The quantitative estimate of drug-likeness (QED) is 0.708. The van der Waals surface area contributed by atoms with Gasteiger partial charge in [-0.05, 0) is 37.1 Å². The normalized spacial score (nSPS) is 17.0. The minimum Gasteiger partial charge on any atom is -0.497 e. The minimum atomic E-state index is -0.172. The number of carbonyl (C=O) groups is 2. The summed E-state index contributed by atoms with van der Waals surface area (Å²) in [6.45, 7) is 1.84. The van der Waals surface area contributed by atoms with Crippen LogP contribution in [0, 0.1) is 0 Å². The number of amides is 2. The molecule has 2 aromatic rings. The summed E-state index contributed by atoms with van der Waals surface area (Å²) in [4.78, 5) is 32.6. The van der Waals surface area contributed by atoms with Crippen LogP contribution >= 0.6 is 11.3 Å². The fraction of sp³-hybridized carbons (Fsp3) is 0.476. The lowest BCUT2D eigenvalue weighted by Crippen LogP contribution is -2.36. The summed E-state index contributed by atoms with van der Waals surface area (Å²) in [5, 5.41) is 6.53. The van der Waals surface area contributed by atoms with Crippen molar-refractivity contribution in [1.29, 1.82) is 0 Å².